The highest BCUT2D eigenvalue weighted by molar-refractivity contribution is 7.89. The van der Waals surface area contributed by atoms with Gasteiger partial charge < -0.3 is 16.2 Å². The van der Waals surface area contributed by atoms with Crippen LogP contribution in [-0.2, 0) is 10.0 Å². The van der Waals surface area contributed by atoms with E-state index in [1.165, 1.54) is 0 Å². The molecule has 5 N–H and O–H groups in total. The first kappa shape index (κ1) is 15.2. The molecule has 1 fully saturated rings. The zero-order valence-corrected chi connectivity index (χ0v) is 12.2. The highest BCUT2D eigenvalue weighted by Crippen LogP contribution is 2.22. The van der Waals surface area contributed by atoms with Crippen molar-refractivity contribution >= 4 is 15.7 Å². The predicted octanol–water partition coefficient (Wildman–Crippen LogP) is 0.247. The Balaban J connectivity index is 1.95. The van der Waals surface area contributed by atoms with Crippen molar-refractivity contribution in [1.82, 2.24) is 4.72 Å². The Morgan fingerprint density at radius 1 is 1.35 bits per heavy atom. The lowest BCUT2D eigenvalue weighted by atomic mass is 10.2. The van der Waals surface area contributed by atoms with E-state index in [-0.39, 0.29) is 17.0 Å². The summed E-state index contributed by atoms with van der Waals surface area (Å²) in [6.45, 7) is 2.05. The Kier molecular flexibility index (Phi) is 4.64. The van der Waals surface area contributed by atoms with Gasteiger partial charge in [-0.2, -0.15) is 0 Å². The quantitative estimate of drug-likeness (QED) is 0.577. The second-order valence-electron chi connectivity index (χ2n) is 5.21. The van der Waals surface area contributed by atoms with Gasteiger partial charge >= 0.3 is 0 Å². The molecule has 0 spiro atoms. The van der Waals surface area contributed by atoms with Gasteiger partial charge in [-0.1, -0.05) is 0 Å². The average Bonchev–Trinajstić information content (AvgIpc) is 3.19. The van der Waals surface area contributed by atoms with Gasteiger partial charge in [0.15, 0.2) is 0 Å². The van der Waals surface area contributed by atoms with Crippen molar-refractivity contribution in [2.75, 3.05) is 11.9 Å². The molecular weight excluding hydrogens is 278 g/mol. The Morgan fingerprint density at radius 2 is 1.95 bits per heavy atom. The molecule has 1 saturated carbocycles. The SMILES string of the molecule is CC(O)C(N)CNc1ccc(S(=O)(=O)NC2CC2)cc1. The van der Waals surface area contributed by atoms with Gasteiger partial charge in [0.2, 0.25) is 10.0 Å². The number of hydrogen-bond donors (Lipinski definition) is 4. The van der Waals surface area contributed by atoms with Crippen LogP contribution >= 0.6 is 0 Å². The third kappa shape index (κ3) is 4.17. The molecule has 1 aromatic carbocycles. The Labute approximate surface area is 119 Å². The van der Waals surface area contributed by atoms with Crippen LogP contribution in [0.5, 0.6) is 0 Å². The molecule has 0 aromatic heterocycles. The summed E-state index contributed by atoms with van der Waals surface area (Å²) in [5, 5.41) is 12.3. The van der Waals surface area contributed by atoms with Crippen molar-refractivity contribution in [3.05, 3.63) is 24.3 Å². The standard InChI is InChI=1S/C13H21N3O3S/c1-9(17)13(14)8-15-10-4-6-12(7-5-10)20(18,19)16-11-2-3-11/h4-7,9,11,13,15-17H,2-3,8,14H2,1H3. The topological polar surface area (TPSA) is 104 Å². The smallest absolute Gasteiger partial charge is 0.240 e. The maximum Gasteiger partial charge on any atom is 0.240 e. The summed E-state index contributed by atoms with van der Waals surface area (Å²) in [6, 6.07) is 6.23. The van der Waals surface area contributed by atoms with Gasteiger partial charge in [-0.15, -0.1) is 0 Å². The van der Waals surface area contributed by atoms with Crippen molar-refractivity contribution < 1.29 is 13.5 Å². The fourth-order valence-corrected chi connectivity index (χ4v) is 2.95. The summed E-state index contributed by atoms with van der Waals surface area (Å²) in [5.41, 5.74) is 6.48. The van der Waals surface area contributed by atoms with E-state index in [0.29, 0.717) is 6.54 Å². The first-order valence-corrected chi connectivity index (χ1v) is 8.17. The Bertz CT molecular complexity index is 538. The molecule has 0 saturated heterocycles. The van der Waals surface area contributed by atoms with Gasteiger partial charge in [-0.25, -0.2) is 13.1 Å². The molecule has 0 bridgehead atoms. The monoisotopic (exact) mass is 299 g/mol. The largest absolute Gasteiger partial charge is 0.392 e. The maximum atomic E-state index is 12.0. The van der Waals surface area contributed by atoms with Crippen molar-refractivity contribution in [3.63, 3.8) is 0 Å². The number of aliphatic hydroxyl groups excluding tert-OH is 1. The summed E-state index contributed by atoms with van der Waals surface area (Å²) in [6.07, 6.45) is 1.23. The van der Waals surface area contributed by atoms with Crippen LogP contribution in [0.1, 0.15) is 19.8 Å². The fourth-order valence-electron chi connectivity index (χ4n) is 1.65. The molecule has 6 nitrogen and oxygen atoms in total. The van der Waals surface area contributed by atoms with E-state index in [2.05, 4.69) is 10.0 Å². The number of hydrogen-bond acceptors (Lipinski definition) is 5. The Hall–Kier alpha value is -1.15. The van der Waals surface area contributed by atoms with E-state index in [0.717, 1.165) is 18.5 Å². The molecule has 2 unspecified atom stereocenters. The molecule has 0 amide bonds. The van der Waals surface area contributed by atoms with Crippen molar-refractivity contribution in [3.8, 4) is 0 Å². The van der Waals surface area contributed by atoms with Gasteiger partial charge in [0.25, 0.3) is 0 Å². The van der Waals surface area contributed by atoms with Crippen LogP contribution < -0.4 is 15.8 Å². The van der Waals surface area contributed by atoms with Crippen LogP contribution in [-0.4, -0.2) is 38.3 Å². The van der Waals surface area contributed by atoms with Gasteiger partial charge in [0.1, 0.15) is 0 Å². The summed E-state index contributed by atoms with van der Waals surface area (Å²) >= 11 is 0. The van der Waals surface area contributed by atoms with Crippen LogP contribution in [0.2, 0.25) is 0 Å². The predicted molar refractivity (Wildman–Crippen MR) is 77.9 cm³/mol. The number of sulfonamides is 1. The third-order valence-electron chi connectivity index (χ3n) is 3.23. The summed E-state index contributed by atoms with van der Waals surface area (Å²) in [4.78, 5) is 0.259. The van der Waals surface area contributed by atoms with Gasteiger partial charge in [-0.05, 0) is 44.0 Å². The number of nitrogens with two attached hydrogens (primary N) is 1. The van der Waals surface area contributed by atoms with E-state index in [1.54, 1.807) is 31.2 Å². The van der Waals surface area contributed by atoms with Gasteiger partial charge in [0.05, 0.1) is 11.0 Å². The molecule has 1 aliphatic carbocycles. The number of anilines is 1. The number of benzene rings is 1. The molecular formula is C13H21N3O3S. The zero-order chi connectivity index (χ0) is 14.8. The number of aliphatic hydroxyl groups is 1. The van der Waals surface area contributed by atoms with Crippen LogP contribution in [0, 0.1) is 0 Å². The molecule has 20 heavy (non-hydrogen) atoms. The molecule has 0 aliphatic heterocycles. The highest BCUT2D eigenvalue weighted by atomic mass is 32.2. The van der Waals surface area contributed by atoms with E-state index in [9.17, 15) is 13.5 Å². The molecule has 0 radical (unpaired) electrons. The molecule has 2 atom stereocenters. The van der Waals surface area contributed by atoms with E-state index >= 15 is 0 Å². The van der Waals surface area contributed by atoms with Crippen molar-refractivity contribution in [1.29, 1.82) is 0 Å². The Morgan fingerprint density at radius 3 is 2.45 bits per heavy atom. The lowest BCUT2D eigenvalue weighted by Crippen LogP contribution is -2.38. The normalized spacial score (nSPS) is 18.6. The first-order valence-electron chi connectivity index (χ1n) is 6.68. The molecule has 1 aliphatic rings. The fraction of sp³-hybridized carbons (Fsp3) is 0.538. The minimum atomic E-state index is -3.40. The maximum absolute atomic E-state index is 12.0. The molecule has 112 valence electrons. The summed E-state index contributed by atoms with van der Waals surface area (Å²) < 4.78 is 26.6. The minimum Gasteiger partial charge on any atom is -0.392 e. The van der Waals surface area contributed by atoms with Gasteiger partial charge in [0, 0.05) is 24.3 Å². The summed E-state index contributed by atoms with van der Waals surface area (Å²) in [7, 11) is -3.40. The lowest BCUT2D eigenvalue weighted by molar-refractivity contribution is 0.168. The zero-order valence-electron chi connectivity index (χ0n) is 11.4. The van der Waals surface area contributed by atoms with Crippen molar-refractivity contribution in [2.45, 2.75) is 42.8 Å². The molecule has 0 heterocycles. The molecule has 1 aromatic rings. The van der Waals surface area contributed by atoms with E-state index in [1.807, 2.05) is 0 Å². The lowest BCUT2D eigenvalue weighted by Gasteiger charge is -2.16. The van der Waals surface area contributed by atoms with E-state index in [4.69, 9.17) is 5.73 Å². The highest BCUT2D eigenvalue weighted by Gasteiger charge is 2.27. The molecule has 2 rings (SSSR count). The minimum absolute atomic E-state index is 0.0989. The van der Waals surface area contributed by atoms with Crippen molar-refractivity contribution in [2.24, 2.45) is 5.73 Å². The third-order valence-corrected chi connectivity index (χ3v) is 4.76. The number of nitrogens with one attached hydrogen (secondary N) is 2. The summed E-state index contributed by atoms with van der Waals surface area (Å²) in [5.74, 6) is 0. The first-order chi connectivity index (χ1) is 9.38. The number of rotatable bonds is 7. The van der Waals surface area contributed by atoms with Crippen LogP contribution in [0.4, 0.5) is 5.69 Å². The van der Waals surface area contributed by atoms with Crippen LogP contribution in [0.15, 0.2) is 29.2 Å². The van der Waals surface area contributed by atoms with Crippen LogP contribution in [0.25, 0.3) is 0 Å². The van der Waals surface area contributed by atoms with E-state index < -0.39 is 16.1 Å². The second-order valence-corrected chi connectivity index (χ2v) is 6.92. The van der Waals surface area contributed by atoms with Crippen LogP contribution in [0.3, 0.4) is 0 Å². The average molecular weight is 299 g/mol. The van der Waals surface area contributed by atoms with Gasteiger partial charge in [-0.3, -0.25) is 0 Å². The molecule has 7 heteroatoms. The second kappa shape index (κ2) is 6.09.